The third-order valence-electron chi connectivity index (χ3n) is 6.37. The molecule has 1 aromatic heterocycles. The van der Waals surface area contributed by atoms with Crippen molar-refractivity contribution in [3.63, 3.8) is 0 Å². The number of fused-ring (bicyclic) bond motifs is 3. The lowest BCUT2D eigenvalue weighted by atomic mass is 9.99. The van der Waals surface area contributed by atoms with E-state index >= 15 is 0 Å². The number of rotatable bonds is 6. The second-order valence-electron chi connectivity index (χ2n) is 8.51. The molecule has 0 saturated heterocycles. The van der Waals surface area contributed by atoms with Crippen molar-refractivity contribution in [2.45, 2.75) is 32.6 Å². The number of amides is 2. The van der Waals surface area contributed by atoms with Gasteiger partial charge in [-0.05, 0) is 73.2 Å². The van der Waals surface area contributed by atoms with E-state index in [-0.39, 0.29) is 24.9 Å². The third kappa shape index (κ3) is 4.23. The summed E-state index contributed by atoms with van der Waals surface area (Å²) < 4.78 is 5.30. The van der Waals surface area contributed by atoms with Gasteiger partial charge in [-0.15, -0.1) is 11.3 Å². The number of aryl methyl sites for hydroxylation is 2. The molecule has 2 aromatic carbocycles. The Morgan fingerprint density at radius 1 is 1.12 bits per heavy atom. The third-order valence-corrected chi connectivity index (χ3v) is 7.68. The van der Waals surface area contributed by atoms with Crippen molar-refractivity contribution in [1.29, 1.82) is 0 Å². The van der Waals surface area contributed by atoms with Crippen LogP contribution in [0.25, 0.3) is 0 Å². The Balaban J connectivity index is 1.46. The summed E-state index contributed by atoms with van der Waals surface area (Å²) in [5.74, 6) is 0.390. The van der Waals surface area contributed by atoms with Gasteiger partial charge >= 0.3 is 0 Å². The lowest BCUT2D eigenvalue weighted by molar-refractivity contribution is -0.120. The summed E-state index contributed by atoms with van der Waals surface area (Å²) in [6, 6.07) is 15.6. The minimum Gasteiger partial charge on any atom is -0.497 e. The molecule has 5 rings (SSSR count). The molecular weight excluding hydrogens is 446 g/mol. The standard InChI is InChI=1S/C27H27N3O3S/c1-3-17-7-11-19(12-8-17)29-23(31)16-30-24(32)15-28-26(18-9-13-20(33-2)14-10-18)25-21-5-4-6-22(21)34-27(25)30/h7-14H,3-6,15-16H2,1-2H3,(H,29,31). The number of nitrogens with zero attached hydrogens (tertiary/aromatic N) is 2. The lowest BCUT2D eigenvalue weighted by Crippen LogP contribution is -2.38. The Morgan fingerprint density at radius 2 is 1.88 bits per heavy atom. The Hall–Kier alpha value is -3.45. The van der Waals surface area contributed by atoms with Crippen LogP contribution in [0.3, 0.4) is 0 Å². The predicted octanol–water partition coefficient (Wildman–Crippen LogP) is 4.63. The number of aliphatic imine (C=N–C) groups is 1. The molecule has 0 spiro atoms. The van der Waals surface area contributed by atoms with Crippen molar-refractivity contribution in [2.24, 2.45) is 4.99 Å². The van der Waals surface area contributed by atoms with Crippen LogP contribution in [-0.2, 0) is 28.9 Å². The molecule has 0 radical (unpaired) electrons. The Bertz CT molecular complexity index is 1260. The number of hydrogen-bond acceptors (Lipinski definition) is 5. The maximum Gasteiger partial charge on any atom is 0.249 e. The topological polar surface area (TPSA) is 71.0 Å². The molecule has 0 bridgehead atoms. The van der Waals surface area contributed by atoms with E-state index in [0.717, 1.165) is 59.0 Å². The molecule has 6 nitrogen and oxygen atoms in total. The molecular formula is C27H27N3O3S. The first-order valence-corrected chi connectivity index (χ1v) is 12.4. The van der Waals surface area contributed by atoms with E-state index in [1.807, 2.05) is 48.5 Å². The second-order valence-corrected chi connectivity index (χ2v) is 9.59. The average molecular weight is 474 g/mol. The first kappa shape index (κ1) is 22.3. The van der Waals surface area contributed by atoms with Gasteiger partial charge < -0.3 is 10.1 Å². The molecule has 2 heterocycles. The van der Waals surface area contributed by atoms with E-state index in [4.69, 9.17) is 9.73 Å². The summed E-state index contributed by atoms with van der Waals surface area (Å²) >= 11 is 1.63. The number of benzene rings is 2. The fraction of sp³-hybridized carbons (Fsp3) is 0.296. The van der Waals surface area contributed by atoms with Gasteiger partial charge in [0.2, 0.25) is 11.8 Å². The molecule has 1 N–H and O–H groups in total. The Kier molecular flexibility index (Phi) is 6.20. The normalized spacial score (nSPS) is 14.8. The monoisotopic (exact) mass is 473 g/mol. The zero-order chi connectivity index (χ0) is 23.7. The van der Waals surface area contributed by atoms with Crippen LogP contribution >= 0.6 is 11.3 Å². The van der Waals surface area contributed by atoms with Crippen molar-refractivity contribution in [2.75, 3.05) is 30.4 Å². The Labute approximate surface area is 203 Å². The molecule has 0 atom stereocenters. The molecule has 0 unspecified atom stereocenters. The summed E-state index contributed by atoms with van der Waals surface area (Å²) in [6.07, 6.45) is 4.01. The highest BCUT2D eigenvalue weighted by Crippen LogP contribution is 2.43. The van der Waals surface area contributed by atoms with Crippen molar-refractivity contribution in [3.05, 3.63) is 75.7 Å². The van der Waals surface area contributed by atoms with Gasteiger partial charge in [-0.1, -0.05) is 19.1 Å². The quantitative estimate of drug-likeness (QED) is 0.567. The van der Waals surface area contributed by atoms with Gasteiger partial charge in [-0.3, -0.25) is 19.5 Å². The second kappa shape index (κ2) is 9.43. The van der Waals surface area contributed by atoms with Gasteiger partial charge in [-0.25, -0.2) is 0 Å². The zero-order valence-electron chi connectivity index (χ0n) is 19.4. The first-order chi connectivity index (χ1) is 16.6. The van der Waals surface area contributed by atoms with E-state index in [1.165, 1.54) is 16.0 Å². The van der Waals surface area contributed by atoms with Gasteiger partial charge in [0.05, 0.1) is 12.8 Å². The molecule has 3 aromatic rings. The van der Waals surface area contributed by atoms with Gasteiger partial charge in [0, 0.05) is 21.7 Å². The molecule has 0 fully saturated rings. The van der Waals surface area contributed by atoms with E-state index in [0.29, 0.717) is 0 Å². The molecule has 1 aliphatic carbocycles. The maximum absolute atomic E-state index is 13.2. The van der Waals surface area contributed by atoms with Crippen LogP contribution in [0.4, 0.5) is 10.7 Å². The number of carbonyl (C=O) groups excluding carboxylic acids is 2. The smallest absolute Gasteiger partial charge is 0.249 e. The highest BCUT2D eigenvalue weighted by atomic mass is 32.1. The van der Waals surface area contributed by atoms with Crippen molar-refractivity contribution < 1.29 is 14.3 Å². The molecule has 2 aliphatic rings. The van der Waals surface area contributed by atoms with E-state index in [1.54, 1.807) is 23.3 Å². The molecule has 2 amide bonds. The number of ether oxygens (including phenoxy) is 1. The van der Waals surface area contributed by atoms with Gasteiger partial charge in [0.1, 0.15) is 23.8 Å². The van der Waals surface area contributed by atoms with Gasteiger partial charge in [0.25, 0.3) is 0 Å². The number of thiophene rings is 1. The van der Waals surface area contributed by atoms with E-state index in [9.17, 15) is 9.59 Å². The van der Waals surface area contributed by atoms with Crippen molar-refractivity contribution in [3.8, 4) is 5.75 Å². The molecule has 34 heavy (non-hydrogen) atoms. The minimum absolute atomic E-state index is 0.00993. The van der Waals surface area contributed by atoms with E-state index < -0.39 is 0 Å². The lowest BCUT2D eigenvalue weighted by Gasteiger charge is -2.20. The summed E-state index contributed by atoms with van der Waals surface area (Å²) in [5, 5.41) is 3.77. The summed E-state index contributed by atoms with van der Waals surface area (Å²) in [5.41, 5.74) is 5.99. The molecule has 1 aliphatic heterocycles. The summed E-state index contributed by atoms with van der Waals surface area (Å²) in [6.45, 7) is 2.07. The fourth-order valence-electron chi connectivity index (χ4n) is 4.56. The fourth-order valence-corrected chi connectivity index (χ4v) is 5.97. The van der Waals surface area contributed by atoms with Crippen LogP contribution in [0.5, 0.6) is 5.75 Å². The first-order valence-electron chi connectivity index (χ1n) is 11.6. The highest BCUT2D eigenvalue weighted by Gasteiger charge is 2.33. The minimum atomic E-state index is -0.218. The van der Waals surface area contributed by atoms with Crippen molar-refractivity contribution in [1.82, 2.24) is 0 Å². The highest BCUT2D eigenvalue weighted by molar-refractivity contribution is 7.17. The SMILES string of the molecule is CCc1ccc(NC(=O)CN2C(=O)CN=C(c3ccc(OC)cc3)c3c2sc2c3CCC2)cc1. The van der Waals surface area contributed by atoms with Crippen LogP contribution < -0.4 is 15.0 Å². The number of nitrogens with one attached hydrogen (secondary N) is 1. The largest absolute Gasteiger partial charge is 0.497 e. The maximum atomic E-state index is 13.2. The van der Waals surface area contributed by atoms with Crippen LogP contribution in [0.1, 0.15) is 40.5 Å². The molecule has 0 saturated carbocycles. The van der Waals surface area contributed by atoms with E-state index in [2.05, 4.69) is 12.2 Å². The summed E-state index contributed by atoms with van der Waals surface area (Å²) in [7, 11) is 1.64. The number of anilines is 2. The molecule has 174 valence electrons. The summed E-state index contributed by atoms with van der Waals surface area (Å²) in [4.78, 5) is 33.8. The number of hydrogen-bond donors (Lipinski definition) is 1. The van der Waals surface area contributed by atoms with Gasteiger partial charge in [0.15, 0.2) is 0 Å². The van der Waals surface area contributed by atoms with Crippen LogP contribution in [0.15, 0.2) is 53.5 Å². The van der Waals surface area contributed by atoms with Crippen LogP contribution in [-0.4, -0.2) is 37.7 Å². The number of carbonyl (C=O) groups is 2. The van der Waals surface area contributed by atoms with Crippen molar-refractivity contribution >= 4 is 39.6 Å². The Morgan fingerprint density at radius 3 is 2.59 bits per heavy atom. The predicted molar refractivity (Wildman–Crippen MR) is 137 cm³/mol. The van der Waals surface area contributed by atoms with Gasteiger partial charge in [-0.2, -0.15) is 0 Å². The molecule has 7 heteroatoms. The zero-order valence-corrected chi connectivity index (χ0v) is 20.2. The van der Waals surface area contributed by atoms with Crippen LogP contribution in [0.2, 0.25) is 0 Å². The average Bonchev–Trinajstić information content (AvgIpc) is 3.42. The van der Waals surface area contributed by atoms with Crippen LogP contribution in [0, 0.1) is 0 Å². The number of methoxy groups -OCH3 is 1.